The Hall–Kier alpha value is -2.71. The summed E-state index contributed by atoms with van der Waals surface area (Å²) in [5.74, 6) is -0.335. The Bertz CT molecular complexity index is 1270. The zero-order valence-corrected chi connectivity index (χ0v) is 23.7. The molecule has 2 aromatic rings. The van der Waals surface area contributed by atoms with Gasteiger partial charge in [0.25, 0.3) is 5.91 Å². The van der Waals surface area contributed by atoms with Gasteiger partial charge in [0.15, 0.2) is 0 Å². The molecule has 2 fully saturated rings. The number of nitrogens with zero attached hydrogens (tertiary/aromatic N) is 4. The summed E-state index contributed by atoms with van der Waals surface area (Å²) >= 11 is 3.66. The van der Waals surface area contributed by atoms with Crippen molar-refractivity contribution >= 4 is 44.9 Å². The largest absolute Gasteiger partial charge is 0.462 e. The Morgan fingerprint density at radius 3 is 2.61 bits per heavy atom. The Kier molecular flexibility index (Phi) is 6.80. The van der Waals surface area contributed by atoms with Crippen molar-refractivity contribution in [3.05, 3.63) is 58.1 Å². The Labute approximate surface area is 232 Å². The number of hydrazone groups is 1. The summed E-state index contributed by atoms with van der Waals surface area (Å²) in [6.07, 6.45) is 6.57. The maximum atomic E-state index is 14.5. The van der Waals surface area contributed by atoms with Crippen LogP contribution < -0.4 is 9.91 Å². The molecule has 0 bridgehead atoms. The SMILES string of the molecule is CCOC(=O)c1ccc(N2N=C(C)[C@]3(Cc4cc(Br)ccc4N4CC[C@H](N5CCCCC5)C[C@@H]43)C2=O)cc1. The first-order valence-corrected chi connectivity index (χ1v) is 14.7. The van der Waals surface area contributed by atoms with E-state index in [-0.39, 0.29) is 17.9 Å². The topological polar surface area (TPSA) is 65.5 Å². The van der Waals surface area contributed by atoms with E-state index in [4.69, 9.17) is 9.84 Å². The third-order valence-electron chi connectivity index (χ3n) is 8.96. The van der Waals surface area contributed by atoms with Gasteiger partial charge >= 0.3 is 5.97 Å². The van der Waals surface area contributed by atoms with Crippen LogP contribution in [0, 0.1) is 5.41 Å². The molecule has 38 heavy (non-hydrogen) atoms. The molecular formula is C30H35BrN4O3. The van der Waals surface area contributed by atoms with Crippen LogP contribution in [0.3, 0.4) is 0 Å². The molecule has 1 spiro atoms. The summed E-state index contributed by atoms with van der Waals surface area (Å²) in [4.78, 5) is 31.8. The van der Waals surface area contributed by atoms with Crippen LogP contribution in [-0.2, 0) is 16.0 Å². The summed E-state index contributed by atoms with van der Waals surface area (Å²) in [6, 6.07) is 14.0. The lowest BCUT2D eigenvalue weighted by Crippen LogP contribution is -2.64. The monoisotopic (exact) mass is 578 g/mol. The maximum absolute atomic E-state index is 14.5. The molecule has 0 unspecified atom stereocenters. The summed E-state index contributed by atoms with van der Waals surface area (Å²) in [5, 5.41) is 6.45. The first-order chi connectivity index (χ1) is 18.4. The fraction of sp³-hybridized carbons (Fsp3) is 0.500. The molecule has 8 heteroatoms. The van der Waals surface area contributed by atoms with Crippen molar-refractivity contribution in [1.82, 2.24) is 4.90 Å². The number of ether oxygens (including phenoxy) is 1. The van der Waals surface area contributed by atoms with E-state index in [1.54, 1.807) is 36.2 Å². The highest BCUT2D eigenvalue weighted by Gasteiger charge is 2.60. The van der Waals surface area contributed by atoms with Crippen molar-refractivity contribution in [3.8, 4) is 0 Å². The molecule has 0 N–H and O–H groups in total. The van der Waals surface area contributed by atoms with Gasteiger partial charge in [0.2, 0.25) is 0 Å². The number of fused-ring (bicyclic) bond motifs is 4. The fourth-order valence-electron chi connectivity index (χ4n) is 7.06. The number of benzene rings is 2. The number of hydrogen-bond acceptors (Lipinski definition) is 6. The molecule has 0 aliphatic carbocycles. The number of carbonyl (C=O) groups excluding carboxylic acids is 2. The van der Waals surface area contributed by atoms with Crippen molar-refractivity contribution in [1.29, 1.82) is 0 Å². The van der Waals surface area contributed by atoms with E-state index in [1.165, 1.54) is 30.5 Å². The van der Waals surface area contributed by atoms with Crippen LogP contribution in [0.15, 0.2) is 52.0 Å². The molecule has 4 heterocycles. The minimum Gasteiger partial charge on any atom is -0.462 e. The molecule has 0 saturated carbocycles. The third-order valence-corrected chi connectivity index (χ3v) is 9.46. The van der Waals surface area contributed by atoms with Crippen LogP contribution >= 0.6 is 15.9 Å². The van der Waals surface area contributed by atoms with Gasteiger partial charge in [-0.1, -0.05) is 22.4 Å². The molecule has 6 rings (SSSR count). The number of rotatable bonds is 4. The zero-order valence-electron chi connectivity index (χ0n) is 22.2. The molecule has 4 aliphatic heterocycles. The first-order valence-electron chi connectivity index (χ1n) is 13.9. The smallest absolute Gasteiger partial charge is 0.338 e. The lowest BCUT2D eigenvalue weighted by molar-refractivity contribution is -0.125. The zero-order chi connectivity index (χ0) is 26.4. The van der Waals surface area contributed by atoms with Crippen LogP contribution in [0.4, 0.5) is 11.4 Å². The fourth-order valence-corrected chi connectivity index (χ4v) is 7.46. The number of likely N-dealkylation sites (tertiary alicyclic amines) is 1. The summed E-state index contributed by atoms with van der Waals surface area (Å²) < 4.78 is 6.15. The standard InChI is InChI=1S/C30H35BrN4O3/c1-3-38-28(36)21-7-10-24(11-8-21)35-29(37)30(20(2)32-35)19-22-17-23(31)9-12-26(22)34-16-13-25(18-27(30)34)33-14-5-4-6-15-33/h7-12,17,25,27H,3-6,13-16,18-19H2,1-2H3/t25-,27+,30-/m0/s1. The number of piperidine rings is 2. The number of carbonyl (C=O) groups is 2. The van der Waals surface area contributed by atoms with Gasteiger partial charge in [-0.3, -0.25) is 4.79 Å². The molecule has 7 nitrogen and oxygen atoms in total. The van der Waals surface area contributed by atoms with Crippen molar-refractivity contribution < 1.29 is 14.3 Å². The quantitative estimate of drug-likeness (QED) is 0.453. The molecular weight excluding hydrogens is 544 g/mol. The third kappa shape index (κ3) is 4.16. The minimum absolute atomic E-state index is 0.0267. The van der Waals surface area contributed by atoms with Crippen LogP contribution in [0.1, 0.15) is 61.9 Å². The molecule has 4 aliphatic rings. The van der Waals surface area contributed by atoms with Crippen molar-refractivity contribution in [3.63, 3.8) is 0 Å². The highest BCUT2D eigenvalue weighted by molar-refractivity contribution is 9.10. The van der Waals surface area contributed by atoms with Gasteiger partial charge in [-0.2, -0.15) is 10.1 Å². The van der Waals surface area contributed by atoms with Crippen LogP contribution in [-0.4, -0.2) is 60.8 Å². The second kappa shape index (κ2) is 10.1. The first kappa shape index (κ1) is 25.6. The lowest BCUT2D eigenvalue weighted by Gasteiger charge is -2.54. The minimum atomic E-state index is -0.720. The average molecular weight is 580 g/mol. The number of hydrogen-bond donors (Lipinski definition) is 0. The van der Waals surface area contributed by atoms with Gasteiger partial charge in [0.05, 0.1) is 29.6 Å². The molecule has 0 radical (unpaired) electrons. The van der Waals surface area contributed by atoms with E-state index < -0.39 is 5.41 Å². The van der Waals surface area contributed by atoms with Crippen molar-refractivity contribution in [2.24, 2.45) is 10.5 Å². The maximum Gasteiger partial charge on any atom is 0.338 e. The number of halogens is 1. The highest BCUT2D eigenvalue weighted by atomic mass is 79.9. The summed E-state index contributed by atoms with van der Waals surface area (Å²) in [6.45, 7) is 7.40. The molecule has 2 saturated heterocycles. The van der Waals surface area contributed by atoms with Gasteiger partial charge in [-0.05, 0) is 107 Å². The van der Waals surface area contributed by atoms with E-state index in [2.05, 4.69) is 43.9 Å². The van der Waals surface area contributed by atoms with Crippen molar-refractivity contribution in [2.75, 3.05) is 36.1 Å². The Morgan fingerprint density at radius 1 is 1.11 bits per heavy atom. The second-order valence-corrected chi connectivity index (χ2v) is 11.9. The predicted molar refractivity (Wildman–Crippen MR) is 153 cm³/mol. The predicted octanol–water partition coefficient (Wildman–Crippen LogP) is 5.41. The lowest BCUT2D eigenvalue weighted by atomic mass is 9.65. The van der Waals surface area contributed by atoms with Gasteiger partial charge < -0.3 is 14.5 Å². The van der Waals surface area contributed by atoms with Crippen LogP contribution in [0.2, 0.25) is 0 Å². The van der Waals surface area contributed by atoms with Gasteiger partial charge in [0, 0.05) is 22.7 Å². The second-order valence-electron chi connectivity index (χ2n) is 11.0. The number of amides is 1. The van der Waals surface area contributed by atoms with E-state index in [0.29, 0.717) is 30.3 Å². The molecule has 200 valence electrons. The van der Waals surface area contributed by atoms with E-state index in [0.717, 1.165) is 42.7 Å². The number of anilines is 2. The van der Waals surface area contributed by atoms with E-state index in [1.807, 2.05) is 6.92 Å². The molecule has 0 aromatic heterocycles. The Balaban J connectivity index is 1.36. The van der Waals surface area contributed by atoms with E-state index >= 15 is 0 Å². The summed E-state index contributed by atoms with van der Waals surface area (Å²) in [5.41, 5.74) is 3.73. The normalized spacial score (nSPS) is 27.2. The highest BCUT2D eigenvalue weighted by Crippen LogP contribution is 2.50. The molecule has 1 amide bonds. The average Bonchev–Trinajstić information content (AvgIpc) is 3.19. The van der Waals surface area contributed by atoms with E-state index in [9.17, 15) is 9.59 Å². The van der Waals surface area contributed by atoms with Crippen LogP contribution in [0.25, 0.3) is 0 Å². The molecule has 2 aromatic carbocycles. The van der Waals surface area contributed by atoms with Crippen LogP contribution in [0.5, 0.6) is 0 Å². The summed E-state index contributed by atoms with van der Waals surface area (Å²) in [7, 11) is 0. The number of esters is 1. The van der Waals surface area contributed by atoms with Gasteiger partial charge in [-0.15, -0.1) is 0 Å². The van der Waals surface area contributed by atoms with Crippen molar-refractivity contribution in [2.45, 2.75) is 64.5 Å². The van der Waals surface area contributed by atoms with Gasteiger partial charge in [-0.25, -0.2) is 4.79 Å². The Morgan fingerprint density at radius 2 is 1.87 bits per heavy atom. The molecule has 3 atom stereocenters. The van der Waals surface area contributed by atoms with Gasteiger partial charge in [0.1, 0.15) is 5.41 Å².